The number of carbonyl (C=O) groups is 3. The summed E-state index contributed by atoms with van der Waals surface area (Å²) in [5.41, 5.74) is 2.37. The van der Waals surface area contributed by atoms with Gasteiger partial charge in [-0.25, -0.2) is 9.78 Å². The van der Waals surface area contributed by atoms with E-state index in [-0.39, 0.29) is 27.9 Å². The normalized spacial score (nSPS) is 17.4. The molecule has 0 aliphatic carbocycles. The number of hydrogen-bond donors (Lipinski definition) is 1. The number of aliphatic hydroxyl groups is 1. The second kappa shape index (κ2) is 8.90. The number of benzene rings is 1. The van der Waals surface area contributed by atoms with Crippen LogP contribution in [0.15, 0.2) is 40.3 Å². The van der Waals surface area contributed by atoms with E-state index in [1.54, 1.807) is 39.0 Å². The van der Waals surface area contributed by atoms with Gasteiger partial charge in [0.05, 0.1) is 17.9 Å². The van der Waals surface area contributed by atoms with Crippen LogP contribution in [-0.2, 0) is 14.3 Å². The molecule has 1 atom stereocenters. The zero-order chi connectivity index (χ0) is 24.7. The molecule has 8 nitrogen and oxygen atoms in total. The fourth-order valence-corrected chi connectivity index (χ4v) is 4.89. The minimum Gasteiger partial charge on any atom is -0.507 e. The lowest BCUT2D eigenvalue weighted by Crippen LogP contribution is -2.29. The second-order valence-electron chi connectivity index (χ2n) is 8.07. The van der Waals surface area contributed by atoms with E-state index in [1.807, 2.05) is 26.0 Å². The van der Waals surface area contributed by atoms with Gasteiger partial charge in [-0.2, -0.15) is 0 Å². The molecule has 0 bridgehead atoms. The number of esters is 1. The predicted octanol–water partition coefficient (Wildman–Crippen LogP) is 4.77. The Hall–Kier alpha value is -3.72. The Morgan fingerprint density at radius 1 is 1.18 bits per heavy atom. The van der Waals surface area contributed by atoms with Gasteiger partial charge in [0.15, 0.2) is 5.13 Å². The summed E-state index contributed by atoms with van der Waals surface area (Å²) in [7, 11) is 0. The molecule has 1 fully saturated rings. The van der Waals surface area contributed by atoms with E-state index in [0.717, 1.165) is 22.5 Å². The third-order valence-electron chi connectivity index (χ3n) is 5.58. The Morgan fingerprint density at radius 3 is 2.56 bits per heavy atom. The number of furan rings is 1. The number of ether oxygens (including phenoxy) is 1. The Balaban J connectivity index is 1.93. The highest BCUT2D eigenvalue weighted by Crippen LogP contribution is 2.44. The highest BCUT2D eigenvalue weighted by Gasteiger charge is 2.50. The van der Waals surface area contributed by atoms with Crippen LogP contribution in [0.5, 0.6) is 0 Å². The average Bonchev–Trinajstić information content (AvgIpc) is 3.46. The van der Waals surface area contributed by atoms with Gasteiger partial charge in [-0.05, 0) is 58.4 Å². The predicted molar refractivity (Wildman–Crippen MR) is 127 cm³/mol. The standard InChI is InChI=1S/C25H24N2O6S/c1-6-32-24(31)22-15(5)26-25(34-22)27-19(17-10-9-14(4)33-17)18(21(29)23(27)30)20(28)16-11-12(2)7-8-13(16)3/h7-11,19,28H,6H2,1-5H3/b20-18-. The molecule has 1 saturated heterocycles. The van der Waals surface area contributed by atoms with Crippen LogP contribution in [0.2, 0.25) is 0 Å². The maximum Gasteiger partial charge on any atom is 0.350 e. The van der Waals surface area contributed by atoms with Crippen molar-refractivity contribution in [1.82, 2.24) is 4.98 Å². The first-order valence-electron chi connectivity index (χ1n) is 10.7. The molecule has 3 heterocycles. The molecule has 9 heteroatoms. The first-order chi connectivity index (χ1) is 16.1. The number of hydrogen-bond acceptors (Lipinski definition) is 8. The van der Waals surface area contributed by atoms with Crippen LogP contribution in [0.3, 0.4) is 0 Å². The van der Waals surface area contributed by atoms with Crippen molar-refractivity contribution in [3.05, 3.63) is 74.7 Å². The number of carbonyl (C=O) groups excluding carboxylic acids is 3. The number of nitrogens with zero attached hydrogens (tertiary/aromatic N) is 2. The SMILES string of the molecule is CCOC(=O)c1sc(N2C(=O)C(=O)/C(=C(\O)c3cc(C)ccc3C)C2c2ccc(C)o2)nc1C. The van der Waals surface area contributed by atoms with Crippen molar-refractivity contribution in [3.63, 3.8) is 0 Å². The summed E-state index contributed by atoms with van der Waals surface area (Å²) < 4.78 is 10.9. The van der Waals surface area contributed by atoms with E-state index in [1.165, 1.54) is 4.90 Å². The third-order valence-corrected chi connectivity index (χ3v) is 6.71. The number of rotatable bonds is 5. The number of amides is 1. The molecule has 1 unspecified atom stereocenters. The fourth-order valence-electron chi connectivity index (χ4n) is 3.91. The first kappa shape index (κ1) is 23.4. The van der Waals surface area contributed by atoms with Crippen LogP contribution < -0.4 is 4.90 Å². The fraction of sp³-hybridized carbons (Fsp3) is 0.280. The molecule has 2 aromatic heterocycles. The third kappa shape index (κ3) is 3.92. The van der Waals surface area contributed by atoms with Gasteiger partial charge in [-0.3, -0.25) is 14.5 Å². The molecule has 0 radical (unpaired) electrons. The molecule has 1 aliphatic rings. The number of aryl methyl sites for hydroxylation is 4. The van der Waals surface area contributed by atoms with Crippen molar-refractivity contribution in [1.29, 1.82) is 0 Å². The molecule has 176 valence electrons. The highest BCUT2D eigenvalue weighted by atomic mass is 32.1. The molecule has 0 saturated carbocycles. The Bertz CT molecular complexity index is 1350. The van der Waals surface area contributed by atoms with Gasteiger partial charge >= 0.3 is 11.9 Å². The minimum atomic E-state index is -1.05. The van der Waals surface area contributed by atoms with E-state index < -0.39 is 23.7 Å². The molecule has 4 rings (SSSR count). The maximum atomic E-state index is 13.3. The highest BCUT2D eigenvalue weighted by molar-refractivity contribution is 7.17. The summed E-state index contributed by atoms with van der Waals surface area (Å²) in [5.74, 6) is -1.69. The number of Topliss-reactive ketones (excluding diaryl/α,β-unsaturated/α-hetero) is 1. The number of aliphatic hydroxyl groups excluding tert-OH is 1. The quantitative estimate of drug-likeness (QED) is 0.242. The van der Waals surface area contributed by atoms with E-state index in [0.29, 0.717) is 22.8 Å². The second-order valence-corrected chi connectivity index (χ2v) is 9.04. The maximum absolute atomic E-state index is 13.3. The van der Waals surface area contributed by atoms with Crippen molar-refractivity contribution < 1.29 is 28.6 Å². The smallest absolute Gasteiger partial charge is 0.350 e. The Morgan fingerprint density at radius 2 is 1.91 bits per heavy atom. The molecule has 3 aromatic rings. The van der Waals surface area contributed by atoms with Crippen molar-refractivity contribution in [2.24, 2.45) is 0 Å². The average molecular weight is 481 g/mol. The summed E-state index contributed by atoms with van der Waals surface area (Å²) in [6.45, 7) is 8.94. The van der Waals surface area contributed by atoms with Crippen molar-refractivity contribution >= 4 is 39.9 Å². The number of aromatic nitrogens is 1. The van der Waals surface area contributed by atoms with Crippen LogP contribution in [0, 0.1) is 27.7 Å². The Labute approximate surface area is 200 Å². The molecular weight excluding hydrogens is 456 g/mol. The van der Waals surface area contributed by atoms with Crippen molar-refractivity contribution in [2.45, 2.75) is 40.7 Å². The lowest BCUT2D eigenvalue weighted by molar-refractivity contribution is -0.132. The molecular formula is C25H24N2O6S. The lowest BCUT2D eigenvalue weighted by Gasteiger charge is -2.21. The topological polar surface area (TPSA) is 110 Å². The van der Waals surface area contributed by atoms with Gasteiger partial charge in [-0.1, -0.05) is 29.0 Å². The number of anilines is 1. The zero-order valence-corrected chi connectivity index (χ0v) is 20.3. The first-order valence-corrected chi connectivity index (χ1v) is 11.5. The summed E-state index contributed by atoms with van der Waals surface area (Å²) in [6, 6.07) is 7.81. The van der Waals surface area contributed by atoms with Gasteiger partial charge in [0.1, 0.15) is 28.2 Å². The van der Waals surface area contributed by atoms with Crippen LogP contribution >= 0.6 is 11.3 Å². The summed E-state index contributed by atoms with van der Waals surface area (Å²) in [6.07, 6.45) is 0. The molecule has 1 aromatic carbocycles. The van der Waals surface area contributed by atoms with Gasteiger partial charge in [0.2, 0.25) is 0 Å². The van der Waals surface area contributed by atoms with Crippen LogP contribution in [-0.4, -0.2) is 34.4 Å². The Kier molecular flexibility index (Phi) is 6.14. The molecule has 0 spiro atoms. The number of ketones is 1. The van der Waals surface area contributed by atoms with E-state index >= 15 is 0 Å². The summed E-state index contributed by atoms with van der Waals surface area (Å²) in [4.78, 5) is 44.6. The van der Waals surface area contributed by atoms with Gasteiger partial charge < -0.3 is 14.3 Å². The largest absolute Gasteiger partial charge is 0.507 e. The molecule has 1 aliphatic heterocycles. The van der Waals surface area contributed by atoms with E-state index in [9.17, 15) is 19.5 Å². The van der Waals surface area contributed by atoms with Gasteiger partial charge in [0.25, 0.3) is 5.78 Å². The molecule has 1 N–H and O–H groups in total. The lowest BCUT2D eigenvalue weighted by atomic mass is 9.96. The van der Waals surface area contributed by atoms with Gasteiger partial charge in [0, 0.05) is 5.56 Å². The van der Waals surface area contributed by atoms with Crippen molar-refractivity contribution in [2.75, 3.05) is 11.5 Å². The van der Waals surface area contributed by atoms with Crippen LogP contribution in [0.25, 0.3) is 5.76 Å². The number of thiazole rings is 1. The minimum absolute atomic E-state index is 0.0985. The van der Waals surface area contributed by atoms with E-state index in [2.05, 4.69) is 4.98 Å². The monoisotopic (exact) mass is 480 g/mol. The summed E-state index contributed by atoms with van der Waals surface area (Å²) in [5, 5.41) is 11.4. The molecule has 34 heavy (non-hydrogen) atoms. The van der Waals surface area contributed by atoms with Crippen LogP contribution in [0.1, 0.15) is 56.5 Å². The zero-order valence-electron chi connectivity index (χ0n) is 19.5. The molecule has 1 amide bonds. The van der Waals surface area contributed by atoms with Gasteiger partial charge in [-0.15, -0.1) is 0 Å². The van der Waals surface area contributed by atoms with E-state index in [4.69, 9.17) is 9.15 Å². The summed E-state index contributed by atoms with van der Waals surface area (Å²) >= 11 is 0.952. The van der Waals surface area contributed by atoms with Crippen molar-refractivity contribution in [3.8, 4) is 0 Å². The van der Waals surface area contributed by atoms with Crippen LogP contribution in [0.4, 0.5) is 5.13 Å².